The third-order valence-corrected chi connectivity index (χ3v) is 5.47. The molecule has 3 atom stereocenters. The summed E-state index contributed by atoms with van der Waals surface area (Å²) in [5, 5.41) is 3.21. The molecule has 2 amide bonds. The Bertz CT molecular complexity index is 474. The monoisotopic (exact) mass is 304 g/mol. The van der Waals surface area contributed by atoms with E-state index in [1.807, 2.05) is 4.90 Å². The highest BCUT2D eigenvalue weighted by Gasteiger charge is 2.50. The summed E-state index contributed by atoms with van der Waals surface area (Å²) in [6.45, 7) is 2.87. The molecule has 2 fully saturated rings. The van der Waals surface area contributed by atoms with Gasteiger partial charge in [0.05, 0.1) is 0 Å². The average Bonchev–Trinajstić information content (AvgIpc) is 2.90. The largest absolute Gasteiger partial charge is 0.349 e. The van der Waals surface area contributed by atoms with Crippen molar-refractivity contribution in [3.8, 4) is 0 Å². The summed E-state index contributed by atoms with van der Waals surface area (Å²) >= 11 is 0. The van der Waals surface area contributed by atoms with Crippen LogP contribution < -0.4 is 5.32 Å². The Morgan fingerprint density at radius 2 is 2.00 bits per heavy atom. The van der Waals surface area contributed by atoms with E-state index < -0.39 is 0 Å². The number of nitrogens with one attached hydrogen (secondary N) is 1. The van der Waals surface area contributed by atoms with Gasteiger partial charge < -0.3 is 10.2 Å². The van der Waals surface area contributed by atoms with Crippen LogP contribution in [-0.2, 0) is 9.59 Å². The van der Waals surface area contributed by atoms with Crippen LogP contribution in [0.25, 0.3) is 0 Å². The molecule has 122 valence electrons. The van der Waals surface area contributed by atoms with Crippen molar-refractivity contribution in [3.05, 3.63) is 12.2 Å². The first kappa shape index (κ1) is 15.6. The Balaban J connectivity index is 1.70. The van der Waals surface area contributed by atoms with Crippen molar-refractivity contribution >= 4 is 11.8 Å². The lowest BCUT2D eigenvalue weighted by atomic mass is 10.1. The second kappa shape index (κ2) is 6.43. The molecule has 0 bridgehead atoms. The van der Waals surface area contributed by atoms with Crippen LogP contribution in [0, 0.1) is 5.92 Å². The van der Waals surface area contributed by atoms with Crippen LogP contribution >= 0.6 is 0 Å². The smallest absolute Gasteiger partial charge is 0.243 e. The number of rotatable bonds is 0. The fourth-order valence-corrected chi connectivity index (χ4v) is 3.82. The Labute approximate surface area is 133 Å². The molecule has 0 spiro atoms. The lowest BCUT2D eigenvalue weighted by Crippen LogP contribution is -2.49. The molecule has 1 saturated carbocycles. The third-order valence-electron chi connectivity index (χ3n) is 5.47. The topological polar surface area (TPSA) is 49.4 Å². The molecule has 22 heavy (non-hydrogen) atoms. The van der Waals surface area contributed by atoms with Crippen molar-refractivity contribution in [2.45, 2.75) is 76.3 Å². The molecule has 4 nitrogen and oxygen atoms in total. The van der Waals surface area contributed by atoms with Crippen molar-refractivity contribution in [2.24, 2.45) is 5.92 Å². The van der Waals surface area contributed by atoms with Gasteiger partial charge >= 0.3 is 0 Å². The van der Waals surface area contributed by atoms with E-state index in [-0.39, 0.29) is 23.4 Å². The number of fused-ring (bicyclic) bond motifs is 2. The first-order valence-electron chi connectivity index (χ1n) is 8.88. The van der Waals surface area contributed by atoms with Gasteiger partial charge in [-0.25, -0.2) is 0 Å². The van der Waals surface area contributed by atoms with Crippen LogP contribution in [-0.4, -0.2) is 34.8 Å². The van der Waals surface area contributed by atoms with Crippen LogP contribution in [0.15, 0.2) is 12.2 Å². The molecule has 0 radical (unpaired) electrons. The number of hydrogen-bond acceptors (Lipinski definition) is 2. The Morgan fingerprint density at radius 1 is 1.18 bits per heavy atom. The van der Waals surface area contributed by atoms with Crippen molar-refractivity contribution < 1.29 is 9.59 Å². The van der Waals surface area contributed by atoms with E-state index in [2.05, 4.69) is 24.4 Å². The number of allylic oxidation sites excluding steroid dienone is 1. The van der Waals surface area contributed by atoms with Gasteiger partial charge in [-0.15, -0.1) is 0 Å². The minimum Gasteiger partial charge on any atom is -0.349 e. The fraction of sp³-hybridized carbons (Fsp3) is 0.778. The molecule has 0 aromatic carbocycles. The van der Waals surface area contributed by atoms with Gasteiger partial charge in [0.1, 0.15) is 6.04 Å². The molecule has 4 heteroatoms. The van der Waals surface area contributed by atoms with Gasteiger partial charge in [0.25, 0.3) is 0 Å². The van der Waals surface area contributed by atoms with Gasteiger partial charge in [-0.3, -0.25) is 9.59 Å². The van der Waals surface area contributed by atoms with Crippen molar-refractivity contribution in [1.29, 1.82) is 0 Å². The highest BCUT2D eigenvalue weighted by atomic mass is 16.2. The van der Waals surface area contributed by atoms with Gasteiger partial charge in [0, 0.05) is 24.4 Å². The third kappa shape index (κ3) is 3.36. The number of nitrogens with zero attached hydrogens (tertiary/aromatic N) is 1. The number of hydrogen-bond donors (Lipinski definition) is 1. The summed E-state index contributed by atoms with van der Waals surface area (Å²) in [5.41, 5.74) is -0.0922. The van der Waals surface area contributed by atoms with Crippen LogP contribution in [0.2, 0.25) is 0 Å². The Hall–Kier alpha value is -1.32. The van der Waals surface area contributed by atoms with Gasteiger partial charge in [-0.1, -0.05) is 25.0 Å². The molecule has 0 aromatic heterocycles. The van der Waals surface area contributed by atoms with Crippen LogP contribution in [0.1, 0.15) is 64.7 Å². The highest BCUT2D eigenvalue weighted by Crippen LogP contribution is 2.44. The molecule has 3 rings (SSSR count). The first-order valence-corrected chi connectivity index (χ1v) is 8.88. The first-order chi connectivity index (χ1) is 10.6. The maximum Gasteiger partial charge on any atom is 0.243 e. The minimum atomic E-state index is -0.236. The molecule has 1 N–H and O–H groups in total. The van der Waals surface area contributed by atoms with Crippen molar-refractivity contribution in [2.75, 3.05) is 6.54 Å². The molecular formula is C18H28N2O2. The summed E-state index contributed by atoms with van der Waals surface area (Å²) in [6.07, 6.45) is 13.5. The van der Waals surface area contributed by atoms with Crippen LogP contribution in [0.3, 0.4) is 0 Å². The summed E-state index contributed by atoms with van der Waals surface area (Å²) in [4.78, 5) is 26.8. The van der Waals surface area contributed by atoms with E-state index in [9.17, 15) is 9.59 Å². The van der Waals surface area contributed by atoms with E-state index in [0.717, 1.165) is 45.1 Å². The molecule has 1 saturated heterocycles. The van der Waals surface area contributed by atoms with Crippen molar-refractivity contribution in [3.63, 3.8) is 0 Å². The van der Waals surface area contributed by atoms with Crippen LogP contribution in [0.5, 0.6) is 0 Å². The SMILES string of the molecule is C[C@@]12C[C@H]1/C=C\CCCCCCC(=O)N1CCC[C@H]1C(=O)N2. The molecule has 0 aromatic rings. The fourth-order valence-electron chi connectivity index (χ4n) is 3.82. The van der Waals surface area contributed by atoms with Gasteiger partial charge in [0.15, 0.2) is 0 Å². The summed E-state index contributed by atoms with van der Waals surface area (Å²) in [5.74, 6) is 0.689. The molecule has 0 unspecified atom stereocenters. The normalized spacial score (nSPS) is 38.3. The standard InChI is InChI=1S/C18H28N2O2/c1-18-13-14(18)9-6-4-2-3-5-7-11-16(21)20-12-8-10-15(20)17(22)19-18/h6,9,14-15H,2-5,7-8,10-13H2,1H3,(H,19,22)/b9-6-/t14-,15+,18-/m1/s1. The molecule has 2 aliphatic heterocycles. The number of carbonyl (C=O) groups is 2. The van der Waals surface area contributed by atoms with Gasteiger partial charge in [0.2, 0.25) is 11.8 Å². The van der Waals surface area contributed by atoms with E-state index in [1.165, 1.54) is 12.8 Å². The second-order valence-electron chi connectivity index (χ2n) is 7.34. The van der Waals surface area contributed by atoms with Crippen LogP contribution in [0.4, 0.5) is 0 Å². The zero-order valence-corrected chi connectivity index (χ0v) is 13.6. The number of carbonyl (C=O) groups excluding carboxylic acids is 2. The second-order valence-corrected chi connectivity index (χ2v) is 7.34. The number of amides is 2. The van der Waals surface area contributed by atoms with Gasteiger partial charge in [-0.2, -0.15) is 0 Å². The summed E-state index contributed by atoms with van der Waals surface area (Å²) in [7, 11) is 0. The zero-order chi connectivity index (χ0) is 15.6. The van der Waals surface area contributed by atoms with E-state index in [0.29, 0.717) is 12.3 Å². The maximum absolute atomic E-state index is 12.6. The summed E-state index contributed by atoms with van der Waals surface area (Å²) < 4.78 is 0. The lowest BCUT2D eigenvalue weighted by molar-refractivity contribution is -0.138. The minimum absolute atomic E-state index is 0.0547. The van der Waals surface area contributed by atoms with Crippen molar-refractivity contribution in [1.82, 2.24) is 10.2 Å². The lowest BCUT2D eigenvalue weighted by Gasteiger charge is -2.26. The highest BCUT2D eigenvalue weighted by molar-refractivity contribution is 5.89. The quantitative estimate of drug-likeness (QED) is 0.700. The predicted octanol–water partition coefficient (Wildman–Crippen LogP) is 2.78. The van der Waals surface area contributed by atoms with E-state index >= 15 is 0 Å². The Morgan fingerprint density at radius 3 is 2.86 bits per heavy atom. The van der Waals surface area contributed by atoms with E-state index in [1.54, 1.807) is 0 Å². The maximum atomic E-state index is 12.6. The van der Waals surface area contributed by atoms with Gasteiger partial charge in [-0.05, 0) is 45.4 Å². The molecule has 3 aliphatic rings. The molecular weight excluding hydrogens is 276 g/mol. The average molecular weight is 304 g/mol. The molecule has 2 heterocycles. The summed E-state index contributed by atoms with van der Waals surface area (Å²) in [6, 6.07) is -0.236. The molecule has 1 aliphatic carbocycles. The predicted molar refractivity (Wildman–Crippen MR) is 86.2 cm³/mol. The van der Waals surface area contributed by atoms with E-state index in [4.69, 9.17) is 0 Å². The Kier molecular flexibility index (Phi) is 4.55. The zero-order valence-electron chi connectivity index (χ0n) is 13.6.